The van der Waals surface area contributed by atoms with Crippen LogP contribution in [0.2, 0.25) is 0 Å². The first-order valence-electron chi connectivity index (χ1n) is 5.40. The van der Waals surface area contributed by atoms with Crippen molar-refractivity contribution < 1.29 is 9.53 Å². The lowest BCUT2D eigenvalue weighted by atomic mass is 9.96. The van der Waals surface area contributed by atoms with Crippen LogP contribution in [-0.4, -0.2) is 11.6 Å². The fourth-order valence-corrected chi connectivity index (χ4v) is 3.00. The largest absolute Gasteiger partial charge is 0.459 e. The Balaban J connectivity index is 2.06. The van der Waals surface area contributed by atoms with E-state index in [4.69, 9.17) is 4.74 Å². The van der Waals surface area contributed by atoms with Crippen LogP contribution < -0.4 is 0 Å². The van der Waals surface area contributed by atoms with Gasteiger partial charge in [0.05, 0.1) is 0 Å². The molecule has 2 heteroatoms. The molecular weight excluding hydrogens is 164 g/mol. The van der Waals surface area contributed by atoms with Crippen molar-refractivity contribution in [1.29, 1.82) is 0 Å². The summed E-state index contributed by atoms with van der Waals surface area (Å²) in [6.07, 6.45) is 8.53. The Kier molecular flexibility index (Phi) is 2.31. The lowest BCUT2D eigenvalue weighted by molar-refractivity contribution is -0.157. The molecule has 0 N–H and O–H groups in total. The highest BCUT2D eigenvalue weighted by Gasteiger charge is 2.42. The third-order valence-corrected chi connectivity index (χ3v) is 3.52. The molecule has 2 rings (SSSR count). The van der Waals surface area contributed by atoms with Crippen molar-refractivity contribution in [3.63, 3.8) is 0 Å². The van der Waals surface area contributed by atoms with Crippen LogP contribution in [0.5, 0.6) is 0 Å². The number of hydrogen-bond donors (Lipinski definition) is 0. The predicted molar refractivity (Wildman–Crippen MR) is 50.3 cm³/mol. The van der Waals surface area contributed by atoms with Crippen molar-refractivity contribution >= 4 is 5.97 Å². The molecular formula is C11H18O2. The molecule has 0 heterocycles. The number of carbonyl (C=O) groups is 1. The van der Waals surface area contributed by atoms with Crippen LogP contribution in [0.15, 0.2) is 0 Å². The first kappa shape index (κ1) is 9.04. The van der Waals surface area contributed by atoms with Gasteiger partial charge in [-0.15, -0.1) is 0 Å². The molecule has 0 aromatic rings. The van der Waals surface area contributed by atoms with Crippen LogP contribution in [0.25, 0.3) is 0 Å². The number of hydrogen-bond acceptors (Lipinski definition) is 2. The van der Waals surface area contributed by atoms with Gasteiger partial charge in [-0.3, -0.25) is 4.79 Å². The van der Waals surface area contributed by atoms with E-state index in [9.17, 15) is 4.79 Å². The molecule has 74 valence electrons. The summed E-state index contributed by atoms with van der Waals surface area (Å²) in [6.45, 7) is 1.53. The molecule has 0 spiro atoms. The first-order valence-corrected chi connectivity index (χ1v) is 5.40. The van der Waals surface area contributed by atoms with E-state index in [1.165, 1.54) is 32.6 Å². The molecule has 0 aromatic heterocycles. The van der Waals surface area contributed by atoms with Gasteiger partial charge in [-0.2, -0.15) is 0 Å². The molecule has 2 unspecified atom stereocenters. The van der Waals surface area contributed by atoms with E-state index in [0.29, 0.717) is 0 Å². The average Bonchev–Trinajstić information content (AvgIpc) is 2.27. The highest BCUT2D eigenvalue weighted by molar-refractivity contribution is 5.66. The molecule has 2 nitrogen and oxygen atoms in total. The van der Waals surface area contributed by atoms with Crippen molar-refractivity contribution in [1.82, 2.24) is 0 Å². The average molecular weight is 182 g/mol. The van der Waals surface area contributed by atoms with Gasteiger partial charge in [-0.1, -0.05) is 12.8 Å². The Morgan fingerprint density at radius 3 is 2.92 bits per heavy atom. The quantitative estimate of drug-likeness (QED) is 0.583. The van der Waals surface area contributed by atoms with Crippen LogP contribution >= 0.6 is 0 Å². The number of rotatable bonds is 1. The minimum atomic E-state index is -0.0949. The molecule has 2 aliphatic rings. The summed E-state index contributed by atoms with van der Waals surface area (Å²) in [5, 5.41) is 0. The summed E-state index contributed by atoms with van der Waals surface area (Å²) >= 11 is 0. The smallest absolute Gasteiger partial charge is 0.303 e. The fraction of sp³-hybridized carbons (Fsp3) is 0.909. The number of esters is 1. The standard InChI is InChI=1S/C11H18O2/c1-9(12)13-11-6-3-2-4-10(8-11)5-7-11/h10H,2-8H2,1H3. The first-order chi connectivity index (χ1) is 6.20. The Bertz CT molecular complexity index is 212. The number of fused-ring (bicyclic) bond motifs is 2. The van der Waals surface area contributed by atoms with Crippen LogP contribution in [0.4, 0.5) is 0 Å². The summed E-state index contributed by atoms with van der Waals surface area (Å²) in [6, 6.07) is 0. The molecule has 0 saturated heterocycles. The van der Waals surface area contributed by atoms with Gasteiger partial charge in [0.1, 0.15) is 5.60 Å². The second kappa shape index (κ2) is 3.32. The van der Waals surface area contributed by atoms with Gasteiger partial charge in [-0.05, 0) is 38.0 Å². The van der Waals surface area contributed by atoms with Crippen molar-refractivity contribution in [2.75, 3.05) is 0 Å². The van der Waals surface area contributed by atoms with E-state index in [2.05, 4.69) is 0 Å². The molecule has 0 aliphatic heterocycles. The third-order valence-electron chi connectivity index (χ3n) is 3.52. The van der Waals surface area contributed by atoms with Gasteiger partial charge in [0.25, 0.3) is 0 Å². The molecule has 2 saturated carbocycles. The summed E-state index contributed by atoms with van der Waals surface area (Å²) < 4.78 is 5.51. The summed E-state index contributed by atoms with van der Waals surface area (Å²) in [5.41, 5.74) is -0.0486. The van der Waals surface area contributed by atoms with Gasteiger partial charge >= 0.3 is 5.97 Å². The second-order valence-corrected chi connectivity index (χ2v) is 4.63. The van der Waals surface area contributed by atoms with Crippen LogP contribution in [0, 0.1) is 5.92 Å². The number of carbonyl (C=O) groups excluding carboxylic acids is 1. The highest BCUT2D eigenvalue weighted by atomic mass is 16.6. The van der Waals surface area contributed by atoms with Gasteiger partial charge in [0.2, 0.25) is 0 Å². The Morgan fingerprint density at radius 2 is 2.15 bits per heavy atom. The van der Waals surface area contributed by atoms with Gasteiger partial charge in [0.15, 0.2) is 0 Å². The lowest BCUT2D eigenvalue weighted by Gasteiger charge is -2.27. The summed E-state index contributed by atoms with van der Waals surface area (Å²) in [7, 11) is 0. The zero-order valence-corrected chi connectivity index (χ0v) is 8.34. The van der Waals surface area contributed by atoms with E-state index in [-0.39, 0.29) is 11.6 Å². The monoisotopic (exact) mass is 182 g/mol. The minimum Gasteiger partial charge on any atom is -0.459 e. The minimum absolute atomic E-state index is 0.0486. The highest BCUT2D eigenvalue weighted by Crippen LogP contribution is 2.45. The zero-order valence-electron chi connectivity index (χ0n) is 8.34. The van der Waals surface area contributed by atoms with Crippen molar-refractivity contribution in [3.05, 3.63) is 0 Å². The molecule has 2 aliphatic carbocycles. The topological polar surface area (TPSA) is 26.3 Å². The maximum atomic E-state index is 11.0. The number of ether oxygens (including phenoxy) is 1. The van der Waals surface area contributed by atoms with Crippen LogP contribution in [-0.2, 0) is 9.53 Å². The van der Waals surface area contributed by atoms with E-state index >= 15 is 0 Å². The van der Waals surface area contributed by atoms with Crippen molar-refractivity contribution in [3.8, 4) is 0 Å². The summed E-state index contributed by atoms with van der Waals surface area (Å²) in [4.78, 5) is 11.0. The van der Waals surface area contributed by atoms with E-state index in [0.717, 1.165) is 25.2 Å². The lowest BCUT2D eigenvalue weighted by Crippen LogP contribution is -2.30. The SMILES string of the molecule is CC(=O)OC12CCCCC(CC1)C2. The molecule has 0 radical (unpaired) electrons. The Labute approximate surface area is 79.7 Å². The van der Waals surface area contributed by atoms with Crippen molar-refractivity contribution in [2.45, 2.75) is 57.5 Å². The molecule has 13 heavy (non-hydrogen) atoms. The molecule has 0 amide bonds. The third kappa shape index (κ3) is 1.87. The second-order valence-electron chi connectivity index (χ2n) is 4.63. The van der Waals surface area contributed by atoms with Gasteiger partial charge in [-0.25, -0.2) is 0 Å². The maximum Gasteiger partial charge on any atom is 0.303 e. The molecule has 0 aromatic carbocycles. The van der Waals surface area contributed by atoms with E-state index < -0.39 is 0 Å². The molecule has 2 fully saturated rings. The Hall–Kier alpha value is -0.530. The van der Waals surface area contributed by atoms with E-state index in [1.807, 2.05) is 0 Å². The van der Waals surface area contributed by atoms with Crippen LogP contribution in [0.3, 0.4) is 0 Å². The summed E-state index contributed by atoms with van der Waals surface area (Å²) in [5.74, 6) is 0.740. The van der Waals surface area contributed by atoms with Gasteiger partial charge < -0.3 is 4.74 Å². The molecule has 2 atom stereocenters. The van der Waals surface area contributed by atoms with Crippen molar-refractivity contribution in [2.24, 2.45) is 5.92 Å². The maximum absolute atomic E-state index is 11.0. The Morgan fingerprint density at radius 1 is 1.31 bits per heavy atom. The fourth-order valence-electron chi connectivity index (χ4n) is 3.00. The van der Waals surface area contributed by atoms with Gasteiger partial charge in [0, 0.05) is 6.92 Å². The van der Waals surface area contributed by atoms with Crippen LogP contribution in [0.1, 0.15) is 51.9 Å². The molecule has 2 bridgehead atoms. The predicted octanol–water partition coefficient (Wildman–Crippen LogP) is 2.66. The normalized spacial score (nSPS) is 38.4. The zero-order chi connectivity index (χ0) is 9.31. The van der Waals surface area contributed by atoms with E-state index in [1.54, 1.807) is 0 Å².